The first-order valence-electron chi connectivity index (χ1n) is 7.69. The van der Waals surface area contributed by atoms with Gasteiger partial charge in [-0.1, -0.05) is 20.8 Å². The van der Waals surface area contributed by atoms with Crippen molar-refractivity contribution in [3.63, 3.8) is 0 Å². The molecule has 0 bridgehead atoms. The largest absolute Gasteiger partial charge is 0.349 e. The van der Waals surface area contributed by atoms with Gasteiger partial charge in [0.05, 0.1) is 0 Å². The molecule has 1 rings (SSSR count). The van der Waals surface area contributed by atoms with Crippen LogP contribution in [0.5, 0.6) is 0 Å². The maximum Gasteiger partial charge on any atom is 0.244 e. The van der Waals surface area contributed by atoms with Gasteiger partial charge in [0.25, 0.3) is 0 Å². The number of rotatable bonds is 9. The Hall–Kier alpha value is -0.850. The predicted octanol–water partition coefficient (Wildman–Crippen LogP) is 2.28. The van der Waals surface area contributed by atoms with E-state index in [0.717, 1.165) is 25.2 Å². The second-order valence-electron chi connectivity index (χ2n) is 5.74. The first kappa shape index (κ1) is 18.2. The van der Waals surface area contributed by atoms with Gasteiger partial charge < -0.3 is 9.88 Å². The Morgan fingerprint density at radius 2 is 2.00 bits per heavy atom. The topological polar surface area (TPSA) is 54.3 Å². The highest BCUT2D eigenvalue weighted by Gasteiger charge is 2.23. The third kappa shape index (κ3) is 4.83. The number of sulfonamides is 1. The van der Waals surface area contributed by atoms with Crippen molar-refractivity contribution in [2.24, 2.45) is 5.92 Å². The van der Waals surface area contributed by atoms with Gasteiger partial charge in [-0.15, -0.1) is 0 Å². The molecular formula is C15H29N3O2S. The van der Waals surface area contributed by atoms with Crippen LogP contribution in [-0.4, -0.2) is 37.4 Å². The predicted molar refractivity (Wildman–Crippen MR) is 86.8 cm³/mol. The number of hydrogen-bond donors (Lipinski definition) is 1. The lowest BCUT2D eigenvalue weighted by Crippen LogP contribution is -2.28. The summed E-state index contributed by atoms with van der Waals surface area (Å²) in [7, 11) is -1.73. The van der Waals surface area contributed by atoms with E-state index in [1.54, 1.807) is 19.3 Å². The molecule has 5 nitrogen and oxygen atoms in total. The summed E-state index contributed by atoms with van der Waals surface area (Å²) in [6.07, 6.45) is 2.61. The Bertz CT molecular complexity index is 535. The summed E-state index contributed by atoms with van der Waals surface area (Å²) in [5.41, 5.74) is 1.01. The fourth-order valence-corrected chi connectivity index (χ4v) is 3.35. The molecule has 1 aromatic heterocycles. The van der Waals surface area contributed by atoms with Crippen LogP contribution < -0.4 is 5.32 Å². The van der Waals surface area contributed by atoms with Crippen LogP contribution in [0.3, 0.4) is 0 Å². The zero-order valence-corrected chi connectivity index (χ0v) is 14.7. The minimum atomic E-state index is -3.39. The number of nitrogens with one attached hydrogen (secondary N) is 1. The fraction of sp³-hybridized carbons (Fsp3) is 0.733. The summed E-state index contributed by atoms with van der Waals surface area (Å²) in [6.45, 7) is 11.1. The molecule has 0 fully saturated rings. The molecule has 0 aliphatic heterocycles. The average molecular weight is 315 g/mol. The molecule has 1 heterocycles. The van der Waals surface area contributed by atoms with Crippen LogP contribution in [0, 0.1) is 5.92 Å². The van der Waals surface area contributed by atoms with Crippen LogP contribution in [0.1, 0.15) is 39.8 Å². The van der Waals surface area contributed by atoms with Crippen molar-refractivity contribution in [1.82, 2.24) is 14.2 Å². The summed E-state index contributed by atoms with van der Waals surface area (Å²) in [5.74, 6) is 0.493. The second kappa shape index (κ2) is 7.96. The standard InChI is InChI=1S/C15H29N3O2S/c1-6-16-11-14-10-15(12-18(14)7-2)21(19,20)17(5)9-8-13(3)4/h10,12-13,16H,6-9,11H2,1-5H3. The molecule has 1 aromatic rings. The van der Waals surface area contributed by atoms with E-state index < -0.39 is 10.0 Å². The molecule has 1 N–H and O–H groups in total. The van der Waals surface area contributed by atoms with Crippen LogP contribution in [0.15, 0.2) is 17.2 Å². The van der Waals surface area contributed by atoms with E-state index in [9.17, 15) is 8.42 Å². The SMILES string of the molecule is CCNCc1cc(S(=O)(=O)N(C)CCC(C)C)cn1CC. The van der Waals surface area contributed by atoms with Crippen molar-refractivity contribution in [2.45, 2.75) is 52.1 Å². The molecule has 0 aromatic carbocycles. The molecule has 0 aliphatic carbocycles. The van der Waals surface area contributed by atoms with Crippen LogP contribution >= 0.6 is 0 Å². The molecule has 0 radical (unpaired) electrons. The Kier molecular flexibility index (Phi) is 6.90. The quantitative estimate of drug-likeness (QED) is 0.760. The molecule has 0 spiro atoms. The molecule has 0 saturated carbocycles. The van der Waals surface area contributed by atoms with Crippen molar-refractivity contribution in [2.75, 3.05) is 20.1 Å². The number of aryl methyl sites for hydroxylation is 1. The van der Waals surface area contributed by atoms with Crippen LogP contribution in [0.25, 0.3) is 0 Å². The van der Waals surface area contributed by atoms with Crippen LogP contribution in [0.4, 0.5) is 0 Å². The highest BCUT2D eigenvalue weighted by molar-refractivity contribution is 7.89. The summed E-state index contributed by atoms with van der Waals surface area (Å²) in [4.78, 5) is 0.392. The monoisotopic (exact) mass is 315 g/mol. The van der Waals surface area contributed by atoms with Gasteiger partial charge in [-0.05, 0) is 31.9 Å². The van der Waals surface area contributed by atoms with Gasteiger partial charge >= 0.3 is 0 Å². The van der Waals surface area contributed by atoms with Crippen molar-refractivity contribution in [3.05, 3.63) is 18.0 Å². The van der Waals surface area contributed by atoms with Gasteiger partial charge in [-0.25, -0.2) is 12.7 Å². The summed E-state index contributed by atoms with van der Waals surface area (Å²) in [6, 6.07) is 1.79. The Labute approximate surface area is 129 Å². The van der Waals surface area contributed by atoms with E-state index in [2.05, 4.69) is 19.2 Å². The molecule has 0 amide bonds. The van der Waals surface area contributed by atoms with E-state index >= 15 is 0 Å². The lowest BCUT2D eigenvalue weighted by Gasteiger charge is -2.17. The molecule has 0 unspecified atom stereocenters. The van der Waals surface area contributed by atoms with Crippen molar-refractivity contribution < 1.29 is 8.42 Å². The molecule has 21 heavy (non-hydrogen) atoms. The average Bonchev–Trinajstić information content (AvgIpc) is 2.86. The first-order chi connectivity index (χ1) is 9.82. The van der Waals surface area contributed by atoms with E-state index in [0.29, 0.717) is 23.9 Å². The fourth-order valence-electron chi connectivity index (χ4n) is 2.10. The Balaban J connectivity index is 2.94. The molecule has 0 atom stereocenters. The van der Waals surface area contributed by atoms with Crippen LogP contribution in [0.2, 0.25) is 0 Å². The third-order valence-electron chi connectivity index (χ3n) is 3.59. The van der Waals surface area contributed by atoms with Crippen molar-refractivity contribution in [3.8, 4) is 0 Å². The molecular weight excluding hydrogens is 286 g/mol. The van der Waals surface area contributed by atoms with Gasteiger partial charge in [0, 0.05) is 38.6 Å². The zero-order chi connectivity index (χ0) is 16.0. The lowest BCUT2D eigenvalue weighted by molar-refractivity contribution is 0.428. The Morgan fingerprint density at radius 1 is 1.33 bits per heavy atom. The minimum absolute atomic E-state index is 0.392. The smallest absolute Gasteiger partial charge is 0.244 e. The zero-order valence-electron chi connectivity index (χ0n) is 13.9. The van der Waals surface area contributed by atoms with E-state index in [1.165, 1.54) is 4.31 Å². The normalized spacial score (nSPS) is 12.5. The van der Waals surface area contributed by atoms with Gasteiger partial charge in [0.15, 0.2) is 0 Å². The molecule has 0 saturated heterocycles. The second-order valence-corrected chi connectivity index (χ2v) is 7.79. The summed E-state index contributed by atoms with van der Waals surface area (Å²) in [5, 5.41) is 3.24. The van der Waals surface area contributed by atoms with Gasteiger partial charge in [-0.3, -0.25) is 0 Å². The summed E-state index contributed by atoms with van der Waals surface area (Å²) >= 11 is 0. The van der Waals surface area contributed by atoms with E-state index in [1.807, 2.05) is 18.4 Å². The van der Waals surface area contributed by atoms with Crippen molar-refractivity contribution >= 4 is 10.0 Å². The third-order valence-corrected chi connectivity index (χ3v) is 5.41. The highest BCUT2D eigenvalue weighted by Crippen LogP contribution is 2.19. The van der Waals surface area contributed by atoms with Gasteiger partial charge in [-0.2, -0.15) is 0 Å². The minimum Gasteiger partial charge on any atom is -0.349 e. The molecule has 6 heteroatoms. The van der Waals surface area contributed by atoms with Gasteiger partial charge in [0.1, 0.15) is 4.90 Å². The number of nitrogens with zero attached hydrogens (tertiary/aromatic N) is 2. The Morgan fingerprint density at radius 3 is 2.52 bits per heavy atom. The van der Waals surface area contributed by atoms with E-state index in [4.69, 9.17) is 0 Å². The summed E-state index contributed by atoms with van der Waals surface area (Å²) < 4.78 is 28.6. The lowest BCUT2D eigenvalue weighted by atomic mass is 10.1. The highest BCUT2D eigenvalue weighted by atomic mass is 32.2. The molecule has 122 valence electrons. The van der Waals surface area contributed by atoms with Gasteiger partial charge in [0.2, 0.25) is 10.0 Å². The number of hydrogen-bond acceptors (Lipinski definition) is 3. The van der Waals surface area contributed by atoms with E-state index in [-0.39, 0.29) is 0 Å². The number of aromatic nitrogens is 1. The first-order valence-corrected chi connectivity index (χ1v) is 9.13. The maximum atomic E-state index is 12.6. The van der Waals surface area contributed by atoms with Crippen molar-refractivity contribution in [1.29, 1.82) is 0 Å². The van der Waals surface area contributed by atoms with Crippen LogP contribution in [-0.2, 0) is 23.1 Å². The maximum absolute atomic E-state index is 12.6. The molecule has 0 aliphatic rings.